The Morgan fingerprint density at radius 3 is 2.38 bits per heavy atom. The molecule has 0 aliphatic heterocycles. The van der Waals surface area contributed by atoms with Gasteiger partial charge in [0.2, 0.25) is 0 Å². The maximum atomic E-state index is 6.06. The summed E-state index contributed by atoms with van der Waals surface area (Å²) in [6, 6.07) is -0.0208. The van der Waals surface area contributed by atoms with Gasteiger partial charge in [-0.1, -0.05) is 20.8 Å². The van der Waals surface area contributed by atoms with E-state index in [1.807, 2.05) is 7.05 Å². The third kappa shape index (κ3) is 2.06. The molecule has 0 amide bonds. The fourth-order valence-corrected chi connectivity index (χ4v) is 1.26. The van der Waals surface area contributed by atoms with Crippen molar-refractivity contribution >= 4 is 0 Å². The Balaban J connectivity index is 2.79. The Morgan fingerprint density at radius 1 is 1.38 bits per heavy atom. The van der Waals surface area contributed by atoms with Crippen molar-refractivity contribution in [1.29, 1.82) is 0 Å². The van der Waals surface area contributed by atoms with Crippen LogP contribution in [0, 0.1) is 11.8 Å². The first kappa shape index (κ1) is 10.2. The second-order valence-electron chi connectivity index (χ2n) is 3.87. The minimum absolute atomic E-state index is 0.0208. The zero-order chi connectivity index (χ0) is 10.0. The number of aryl methyl sites for hydroxylation is 1. The van der Waals surface area contributed by atoms with E-state index in [0.717, 1.165) is 5.82 Å². The van der Waals surface area contributed by atoms with E-state index in [1.165, 1.54) is 0 Å². The summed E-state index contributed by atoms with van der Waals surface area (Å²) in [5.41, 5.74) is 6.06. The molecule has 1 aromatic heterocycles. The number of hydrogen-bond acceptors (Lipinski definition) is 3. The van der Waals surface area contributed by atoms with Crippen LogP contribution in [0.15, 0.2) is 6.33 Å². The molecule has 13 heavy (non-hydrogen) atoms. The van der Waals surface area contributed by atoms with Crippen molar-refractivity contribution in [3.05, 3.63) is 12.2 Å². The van der Waals surface area contributed by atoms with Crippen LogP contribution in [0.2, 0.25) is 0 Å². The maximum Gasteiger partial charge on any atom is 0.143 e. The molecule has 1 heterocycles. The molecule has 4 nitrogen and oxygen atoms in total. The molecule has 0 saturated carbocycles. The number of nitrogens with zero attached hydrogens (tertiary/aromatic N) is 3. The topological polar surface area (TPSA) is 56.7 Å². The van der Waals surface area contributed by atoms with Crippen molar-refractivity contribution in [3.8, 4) is 0 Å². The highest BCUT2D eigenvalue weighted by atomic mass is 15.3. The highest BCUT2D eigenvalue weighted by Crippen LogP contribution is 2.23. The van der Waals surface area contributed by atoms with Gasteiger partial charge in [0.15, 0.2) is 0 Å². The Bertz CT molecular complexity index is 266. The zero-order valence-corrected chi connectivity index (χ0v) is 8.73. The van der Waals surface area contributed by atoms with E-state index in [2.05, 4.69) is 30.9 Å². The number of hydrogen-bond donors (Lipinski definition) is 1. The van der Waals surface area contributed by atoms with Crippen molar-refractivity contribution in [2.45, 2.75) is 26.8 Å². The first-order valence-corrected chi connectivity index (χ1v) is 4.63. The second-order valence-corrected chi connectivity index (χ2v) is 3.87. The molecule has 0 aliphatic rings. The van der Waals surface area contributed by atoms with Crippen molar-refractivity contribution < 1.29 is 0 Å². The fraction of sp³-hybridized carbons (Fsp3) is 0.778. The second kappa shape index (κ2) is 3.87. The predicted molar refractivity (Wildman–Crippen MR) is 51.9 cm³/mol. The summed E-state index contributed by atoms with van der Waals surface area (Å²) in [5.74, 6) is 1.84. The highest BCUT2D eigenvalue weighted by Gasteiger charge is 2.21. The zero-order valence-electron chi connectivity index (χ0n) is 8.73. The van der Waals surface area contributed by atoms with E-state index in [4.69, 9.17) is 5.73 Å². The van der Waals surface area contributed by atoms with Gasteiger partial charge in [-0.3, -0.25) is 4.68 Å². The molecule has 2 atom stereocenters. The SMILES string of the molecule is CC(C)C(C)C(N)c1ncnn1C. The van der Waals surface area contributed by atoms with Gasteiger partial charge in [-0.25, -0.2) is 4.98 Å². The molecule has 0 aromatic carbocycles. The van der Waals surface area contributed by atoms with E-state index in [0.29, 0.717) is 11.8 Å². The first-order valence-electron chi connectivity index (χ1n) is 4.63. The van der Waals surface area contributed by atoms with Gasteiger partial charge in [-0.2, -0.15) is 5.10 Å². The van der Waals surface area contributed by atoms with Crippen molar-refractivity contribution in [1.82, 2.24) is 14.8 Å². The predicted octanol–water partition coefficient (Wildman–Crippen LogP) is 1.11. The molecule has 0 spiro atoms. The lowest BCUT2D eigenvalue weighted by Crippen LogP contribution is -2.26. The van der Waals surface area contributed by atoms with Gasteiger partial charge >= 0.3 is 0 Å². The van der Waals surface area contributed by atoms with Crippen LogP contribution in [0.25, 0.3) is 0 Å². The van der Waals surface area contributed by atoms with Crippen molar-refractivity contribution in [2.75, 3.05) is 0 Å². The molecule has 1 aromatic rings. The minimum atomic E-state index is -0.0208. The summed E-state index contributed by atoms with van der Waals surface area (Å²) in [7, 11) is 1.87. The Morgan fingerprint density at radius 2 is 2.00 bits per heavy atom. The Kier molecular flexibility index (Phi) is 3.03. The highest BCUT2D eigenvalue weighted by molar-refractivity contribution is 4.94. The smallest absolute Gasteiger partial charge is 0.143 e. The molecule has 0 aliphatic carbocycles. The van der Waals surface area contributed by atoms with Gasteiger partial charge in [0, 0.05) is 7.05 Å². The summed E-state index contributed by atoms with van der Waals surface area (Å²) >= 11 is 0. The average molecular weight is 182 g/mol. The van der Waals surface area contributed by atoms with E-state index in [-0.39, 0.29) is 6.04 Å². The molecule has 74 valence electrons. The van der Waals surface area contributed by atoms with Crippen LogP contribution < -0.4 is 5.73 Å². The van der Waals surface area contributed by atoms with Gasteiger partial charge in [0.25, 0.3) is 0 Å². The van der Waals surface area contributed by atoms with E-state index in [9.17, 15) is 0 Å². The summed E-state index contributed by atoms with van der Waals surface area (Å²) in [4.78, 5) is 4.15. The summed E-state index contributed by atoms with van der Waals surface area (Å²) < 4.78 is 1.74. The number of rotatable bonds is 3. The van der Waals surface area contributed by atoms with Gasteiger partial charge in [-0.05, 0) is 11.8 Å². The quantitative estimate of drug-likeness (QED) is 0.761. The lowest BCUT2D eigenvalue weighted by molar-refractivity contribution is 0.335. The lowest BCUT2D eigenvalue weighted by atomic mass is 9.90. The van der Waals surface area contributed by atoms with Crippen LogP contribution in [-0.4, -0.2) is 14.8 Å². The molecule has 1 rings (SSSR count). The monoisotopic (exact) mass is 182 g/mol. The number of nitrogens with two attached hydrogens (primary N) is 1. The molecule has 0 radical (unpaired) electrons. The average Bonchev–Trinajstić information content (AvgIpc) is 2.48. The van der Waals surface area contributed by atoms with Crippen LogP contribution in [0.5, 0.6) is 0 Å². The molecule has 2 N–H and O–H groups in total. The molecule has 2 unspecified atom stereocenters. The molecule has 4 heteroatoms. The minimum Gasteiger partial charge on any atom is -0.321 e. The largest absolute Gasteiger partial charge is 0.321 e. The van der Waals surface area contributed by atoms with Gasteiger partial charge < -0.3 is 5.73 Å². The normalized spacial score (nSPS) is 16.2. The van der Waals surface area contributed by atoms with Crippen molar-refractivity contribution in [2.24, 2.45) is 24.6 Å². The van der Waals surface area contributed by atoms with Gasteiger partial charge in [-0.15, -0.1) is 0 Å². The van der Waals surface area contributed by atoms with Crippen LogP contribution in [0.3, 0.4) is 0 Å². The molecular weight excluding hydrogens is 164 g/mol. The van der Waals surface area contributed by atoms with Crippen LogP contribution in [0.4, 0.5) is 0 Å². The van der Waals surface area contributed by atoms with Crippen LogP contribution in [0.1, 0.15) is 32.6 Å². The summed E-state index contributed by atoms with van der Waals surface area (Å²) in [6.45, 7) is 6.48. The fourth-order valence-electron chi connectivity index (χ4n) is 1.26. The van der Waals surface area contributed by atoms with Crippen molar-refractivity contribution in [3.63, 3.8) is 0 Å². The first-order chi connectivity index (χ1) is 6.04. The Labute approximate surface area is 79.2 Å². The summed E-state index contributed by atoms with van der Waals surface area (Å²) in [5, 5.41) is 4.00. The van der Waals surface area contributed by atoms with Crippen LogP contribution >= 0.6 is 0 Å². The third-order valence-electron chi connectivity index (χ3n) is 2.66. The number of aromatic nitrogens is 3. The summed E-state index contributed by atoms with van der Waals surface area (Å²) in [6.07, 6.45) is 1.54. The van der Waals surface area contributed by atoms with E-state index in [1.54, 1.807) is 11.0 Å². The molecular formula is C9H18N4. The van der Waals surface area contributed by atoms with E-state index < -0.39 is 0 Å². The van der Waals surface area contributed by atoms with Gasteiger partial charge in [0.05, 0.1) is 6.04 Å². The van der Waals surface area contributed by atoms with E-state index >= 15 is 0 Å². The van der Waals surface area contributed by atoms with Gasteiger partial charge in [0.1, 0.15) is 12.2 Å². The standard InChI is InChI=1S/C9H18N4/c1-6(2)7(3)8(10)9-11-5-12-13(9)4/h5-8H,10H2,1-4H3. The third-order valence-corrected chi connectivity index (χ3v) is 2.66. The maximum absolute atomic E-state index is 6.06. The molecule has 0 saturated heterocycles. The van der Waals surface area contributed by atoms with Crippen LogP contribution in [-0.2, 0) is 7.05 Å². The Hall–Kier alpha value is -0.900. The molecule has 0 bridgehead atoms. The lowest BCUT2D eigenvalue weighted by Gasteiger charge is -2.22. The molecule has 0 fully saturated rings.